The molecule has 1 aliphatic rings. The third-order valence-corrected chi connectivity index (χ3v) is 5.64. The zero-order valence-electron chi connectivity index (χ0n) is 10.9. The van der Waals surface area contributed by atoms with Gasteiger partial charge in [0.1, 0.15) is 0 Å². The average Bonchev–Trinajstić information content (AvgIpc) is 2.82. The Bertz CT molecular complexity index is 589. The van der Waals surface area contributed by atoms with Crippen LogP contribution in [0.25, 0.3) is 0 Å². The van der Waals surface area contributed by atoms with Crippen LogP contribution in [-0.2, 0) is 18.6 Å². The largest absolute Gasteiger partial charge is 0.293 e. The molecular weight excluding hydrogens is 272 g/mol. The Morgan fingerprint density at radius 1 is 1.32 bits per heavy atom. The number of aryl methyl sites for hydroxylation is 2. The van der Waals surface area contributed by atoms with Gasteiger partial charge in [-0.3, -0.25) is 4.79 Å². The number of carbonyl (C=O) groups is 1. The van der Waals surface area contributed by atoms with E-state index in [0.717, 1.165) is 22.6 Å². The molecule has 1 nitrogen and oxygen atoms in total. The van der Waals surface area contributed by atoms with Gasteiger partial charge in [-0.25, -0.2) is 0 Å². The Kier molecular flexibility index (Phi) is 3.76. The van der Waals surface area contributed by atoms with Gasteiger partial charge in [-0.15, -0.1) is 11.3 Å². The molecule has 98 valence electrons. The van der Waals surface area contributed by atoms with Crippen molar-refractivity contribution in [1.29, 1.82) is 0 Å². The van der Waals surface area contributed by atoms with E-state index in [2.05, 4.69) is 25.1 Å². The van der Waals surface area contributed by atoms with Gasteiger partial charge < -0.3 is 0 Å². The average molecular weight is 288 g/mol. The number of thioether (sulfide) groups is 1. The molecule has 0 atom stereocenters. The van der Waals surface area contributed by atoms with Crippen LogP contribution in [0.4, 0.5) is 0 Å². The number of hydrogen-bond donors (Lipinski definition) is 0. The minimum atomic E-state index is 0.259. The first-order valence-electron chi connectivity index (χ1n) is 6.50. The maximum absolute atomic E-state index is 12.3. The van der Waals surface area contributed by atoms with Crippen molar-refractivity contribution < 1.29 is 4.79 Å². The van der Waals surface area contributed by atoms with Gasteiger partial charge in [-0.1, -0.05) is 29.8 Å². The maximum Gasteiger partial charge on any atom is 0.177 e. The molecule has 2 heterocycles. The zero-order chi connectivity index (χ0) is 13.2. The molecule has 0 fully saturated rings. The molecule has 0 bridgehead atoms. The number of hydrogen-bond acceptors (Lipinski definition) is 3. The molecule has 0 saturated heterocycles. The first-order chi connectivity index (χ1) is 9.22. The molecular formula is C16H16OS2. The number of fused-ring (bicyclic) bond motifs is 1. The fourth-order valence-electron chi connectivity index (χ4n) is 2.38. The molecule has 0 N–H and O–H groups in total. The summed E-state index contributed by atoms with van der Waals surface area (Å²) in [7, 11) is 0. The molecule has 1 aliphatic heterocycles. The highest BCUT2D eigenvalue weighted by Gasteiger charge is 2.17. The van der Waals surface area contributed by atoms with Crippen LogP contribution in [0.5, 0.6) is 0 Å². The Morgan fingerprint density at radius 3 is 3.00 bits per heavy atom. The minimum absolute atomic E-state index is 0.259. The molecule has 0 unspecified atom stereocenters. The summed E-state index contributed by atoms with van der Waals surface area (Å²) in [5, 5.41) is 0. The molecule has 0 aliphatic carbocycles. The topological polar surface area (TPSA) is 17.1 Å². The van der Waals surface area contributed by atoms with Crippen LogP contribution < -0.4 is 0 Å². The van der Waals surface area contributed by atoms with Gasteiger partial charge in [-0.2, -0.15) is 11.8 Å². The van der Waals surface area contributed by atoms with E-state index in [-0.39, 0.29) is 5.78 Å². The van der Waals surface area contributed by atoms with Gasteiger partial charge in [0.05, 0.1) is 4.88 Å². The van der Waals surface area contributed by atoms with E-state index in [1.807, 2.05) is 23.9 Å². The van der Waals surface area contributed by atoms with Crippen LogP contribution in [0.1, 0.15) is 31.2 Å². The fraction of sp³-hybridized carbons (Fsp3) is 0.312. The standard InChI is InChI=1S/C16H16OS2/c1-11-3-2-4-12(7-11)8-14(17)16-9-13-10-18-6-5-15(13)19-16/h2-4,7,9H,5-6,8,10H2,1H3. The SMILES string of the molecule is Cc1cccc(CC(=O)c2cc3c(s2)CCSC3)c1. The monoisotopic (exact) mass is 288 g/mol. The van der Waals surface area contributed by atoms with Crippen molar-refractivity contribution in [2.75, 3.05) is 5.75 Å². The van der Waals surface area contributed by atoms with E-state index in [1.165, 1.54) is 21.8 Å². The van der Waals surface area contributed by atoms with Crippen LogP contribution in [0, 0.1) is 6.92 Å². The highest BCUT2D eigenvalue weighted by atomic mass is 32.2. The summed E-state index contributed by atoms with van der Waals surface area (Å²) in [6.45, 7) is 2.06. The number of carbonyl (C=O) groups excluding carboxylic acids is 1. The lowest BCUT2D eigenvalue weighted by Crippen LogP contribution is -2.01. The van der Waals surface area contributed by atoms with Crippen LogP contribution in [0.2, 0.25) is 0 Å². The van der Waals surface area contributed by atoms with E-state index >= 15 is 0 Å². The second-order valence-corrected chi connectivity index (χ2v) is 7.19. The number of thiophene rings is 1. The molecule has 19 heavy (non-hydrogen) atoms. The van der Waals surface area contributed by atoms with Crippen molar-refractivity contribution in [2.45, 2.75) is 25.5 Å². The fourth-order valence-corrected chi connectivity index (χ4v) is 4.69. The summed E-state index contributed by atoms with van der Waals surface area (Å²) in [5.74, 6) is 2.53. The van der Waals surface area contributed by atoms with Crippen LogP contribution in [0.3, 0.4) is 0 Å². The Labute approximate surface area is 122 Å². The van der Waals surface area contributed by atoms with Crippen LogP contribution in [-0.4, -0.2) is 11.5 Å². The lowest BCUT2D eigenvalue weighted by Gasteiger charge is -2.08. The molecule has 0 saturated carbocycles. The van der Waals surface area contributed by atoms with Crippen molar-refractivity contribution in [2.24, 2.45) is 0 Å². The third kappa shape index (κ3) is 2.93. The molecule has 3 rings (SSSR count). The number of ketones is 1. The van der Waals surface area contributed by atoms with Gasteiger partial charge in [0.2, 0.25) is 0 Å². The van der Waals surface area contributed by atoms with Crippen LogP contribution >= 0.6 is 23.1 Å². The molecule has 0 amide bonds. The molecule has 0 radical (unpaired) electrons. The van der Waals surface area contributed by atoms with Gasteiger partial charge in [0.25, 0.3) is 0 Å². The van der Waals surface area contributed by atoms with E-state index in [9.17, 15) is 4.79 Å². The quantitative estimate of drug-likeness (QED) is 0.785. The van der Waals surface area contributed by atoms with Gasteiger partial charge in [-0.05, 0) is 36.3 Å². The molecule has 0 spiro atoms. The third-order valence-electron chi connectivity index (χ3n) is 3.35. The molecule has 3 heteroatoms. The van der Waals surface area contributed by atoms with E-state index in [0.29, 0.717) is 6.42 Å². The van der Waals surface area contributed by atoms with Crippen molar-refractivity contribution in [3.8, 4) is 0 Å². The summed E-state index contributed by atoms with van der Waals surface area (Å²) >= 11 is 3.67. The van der Waals surface area contributed by atoms with Crippen molar-refractivity contribution in [1.82, 2.24) is 0 Å². The molecule has 2 aromatic rings. The van der Waals surface area contributed by atoms with Gasteiger partial charge in [0, 0.05) is 17.1 Å². The highest BCUT2D eigenvalue weighted by molar-refractivity contribution is 7.98. The lowest BCUT2D eigenvalue weighted by molar-refractivity contribution is 0.0997. The van der Waals surface area contributed by atoms with E-state index < -0.39 is 0 Å². The van der Waals surface area contributed by atoms with Crippen molar-refractivity contribution >= 4 is 28.9 Å². The van der Waals surface area contributed by atoms with Gasteiger partial charge in [0.15, 0.2) is 5.78 Å². The van der Waals surface area contributed by atoms with Crippen molar-refractivity contribution in [3.05, 3.63) is 56.8 Å². The summed E-state index contributed by atoms with van der Waals surface area (Å²) in [4.78, 5) is 14.7. The smallest absolute Gasteiger partial charge is 0.177 e. The second-order valence-electron chi connectivity index (χ2n) is 4.95. The minimum Gasteiger partial charge on any atom is -0.293 e. The summed E-state index contributed by atoms with van der Waals surface area (Å²) in [5.41, 5.74) is 3.71. The first kappa shape index (κ1) is 12.9. The number of benzene rings is 1. The van der Waals surface area contributed by atoms with Crippen LogP contribution in [0.15, 0.2) is 30.3 Å². The second kappa shape index (κ2) is 5.51. The van der Waals surface area contributed by atoms with Crippen molar-refractivity contribution in [3.63, 3.8) is 0 Å². The maximum atomic E-state index is 12.3. The molecule has 1 aromatic carbocycles. The van der Waals surface area contributed by atoms with Gasteiger partial charge >= 0.3 is 0 Å². The van der Waals surface area contributed by atoms with E-state index in [4.69, 9.17) is 0 Å². The highest BCUT2D eigenvalue weighted by Crippen LogP contribution is 2.32. The number of rotatable bonds is 3. The predicted octanol–water partition coefficient (Wildman–Crippen LogP) is 4.27. The predicted molar refractivity (Wildman–Crippen MR) is 83.4 cm³/mol. The first-order valence-corrected chi connectivity index (χ1v) is 8.47. The van der Waals surface area contributed by atoms with E-state index in [1.54, 1.807) is 11.3 Å². The Balaban J connectivity index is 1.78. The summed E-state index contributed by atoms with van der Waals surface area (Å²) in [6.07, 6.45) is 1.65. The summed E-state index contributed by atoms with van der Waals surface area (Å²) in [6, 6.07) is 10.3. The molecule has 1 aromatic heterocycles. The Hall–Kier alpha value is -1.06. The number of Topliss-reactive ketones (excluding diaryl/α,β-unsaturated/α-hetero) is 1. The summed E-state index contributed by atoms with van der Waals surface area (Å²) < 4.78 is 0. The lowest BCUT2D eigenvalue weighted by atomic mass is 10.1. The normalized spacial score (nSPS) is 14.2. The Morgan fingerprint density at radius 2 is 2.21 bits per heavy atom. The zero-order valence-corrected chi connectivity index (χ0v) is 12.6.